The summed E-state index contributed by atoms with van der Waals surface area (Å²) in [6.45, 7) is 0. The maximum Gasteiger partial charge on any atom is 0.313 e. The molecule has 82 valence electrons. The monoisotopic (exact) mass is 257 g/mol. The molecule has 2 amide bonds. The van der Waals surface area contributed by atoms with E-state index in [4.69, 9.17) is 4.52 Å². The van der Waals surface area contributed by atoms with Gasteiger partial charge in [0, 0.05) is 14.2 Å². The van der Waals surface area contributed by atoms with Gasteiger partial charge in [-0.3, -0.25) is 19.1 Å². The summed E-state index contributed by atoms with van der Waals surface area (Å²) in [6, 6.07) is 0. The summed E-state index contributed by atoms with van der Waals surface area (Å²) in [7, 11) is 2.69. The van der Waals surface area contributed by atoms with E-state index in [1.54, 1.807) is 6.26 Å². The zero-order valence-corrected chi connectivity index (χ0v) is 10.7. The van der Waals surface area contributed by atoms with Gasteiger partial charge in [0.15, 0.2) is 0 Å². The molecule has 0 aliphatic carbocycles. The van der Waals surface area contributed by atoms with Crippen molar-refractivity contribution in [3.8, 4) is 0 Å². The summed E-state index contributed by atoms with van der Waals surface area (Å²) >= 11 is 1.99. The molecular formula is C6H12NO4PS2. The Kier molecular flexibility index (Phi) is 6.52. The van der Waals surface area contributed by atoms with Gasteiger partial charge in [-0.25, -0.2) is 0 Å². The molecular weight excluding hydrogens is 245 g/mol. The molecule has 0 heterocycles. The zero-order chi connectivity index (χ0) is 11.2. The van der Waals surface area contributed by atoms with Crippen molar-refractivity contribution in [3.63, 3.8) is 0 Å². The van der Waals surface area contributed by atoms with E-state index in [-0.39, 0.29) is 5.75 Å². The Hall–Kier alpha value is 0.0300. The molecule has 1 unspecified atom stereocenters. The molecule has 0 aliphatic rings. The molecule has 14 heavy (non-hydrogen) atoms. The van der Waals surface area contributed by atoms with Crippen molar-refractivity contribution in [3.05, 3.63) is 0 Å². The van der Waals surface area contributed by atoms with Crippen LogP contribution in [0.25, 0.3) is 0 Å². The van der Waals surface area contributed by atoms with Gasteiger partial charge in [0.1, 0.15) is 0 Å². The van der Waals surface area contributed by atoms with Crippen molar-refractivity contribution in [2.45, 2.75) is 0 Å². The highest BCUT2D eigenvalue weighted by Crippen LogP contribution is 2.68. The molecule has 1 atom stereocenters. The number of hydrogen-bond donors (Lipinski definition) is 0. The summed E-state index contributed by atoms with van der Waals surface area (Å²) in [5, 5.41) is 0. The lowest BCUT2D eigenvalue weighted by Crippen LogP contribution is -2.26. The predicted octanol–water partition coefficient (Wildman–Crippen LogP) is 1.45. The minimum Gasteiger partial charge on any atom is -0.317 e. The molecule has 0 rings (SSSR count). The van der Waals surface area contributed by atoms with E-state index in [2.05, 4.69) is 0 Å². The van der Waals surface area contributed by atoms with Crippen LogP contribution < -0.4 is 0 Å². The average molecular weight is 257 g/mol. The Morgan fingerprint density at radius 3 is 2.57 bits per heavy atom. The third-order valence-corrected chi connectivity index (χ3v) is 8.79. The average Bonchev–Trinajstić information content (AvgIpc) is 2.24. The summed E-state index contributed by atoms with van der Waals surface area (Å²) in [6.07, 6.45) is 2.06. The van der Waals surface area contributed by atoms with Crippen LogP contribution >= 0.6 is 28.5 Å². The highest BCUT2D eigenvalue weighted by atomic mass is 33.1. The number of imide groups is 1. The maximum atomic E-state index is 11.6. The zero-order valence-electron chi connectivity index (χ0n) is 8.13. The van der Waals surface area contributed by atoms with E-state index in [1.807, 2.05) is 0 Å². The molecule has 0 saturated heterocycles. The smallest absolute Gasteiger partial charge is 0.313 e. The Bertz CT molecular complexity index is 252. The van der Waals surface area contributed by atoms with Crippen LogP contribution in [0.1, 0.15) is 0 Å². The van der Waals surface area contributed by atoms with E-state index < -0.39 is 11.7 Å². The molecule has 0 N–H and O–H groups in total. The molecule has 0 aromatic heterocycles. The first-order valence-corrected chi connectivity index (χ1v) is 8.60. The molecule has 0 aromatic carbocycles. The standard InChI is InChI=1S/C6H12NO4PS2/c1-7(5-8)6(9)4-14-12(10,11-2)13-3/h5H,4H2,1-3H3. The summed E-state index contributed by atoms with van der Waals surface area (Å²) < 4.78 is 16.4. The summed E-state index contributed by atoms with van der Waals surface area (Å²) in [5.74, 6) is -3.23. The van der Waals surface area contributed by atoms with E-state index in [0.29, 0.717) is 6.41 Å². The lowest BCUT2D eigenvalue weighted by molar-refractivity contribution is -0.134. The Morgan fingerprint density at radius 2 is 2.21 bits per heavy atom. The van der Waals surface area contributed by atoms with Gasteiger partial charge in [-0.2, -0.15) is 0 Å². The van der Waals surface area contributed by atoms with Crippen LogP contribution in [0.2, 0.25) is 0 Å². The minimum atomic E-state index is -2.82. The number of carbonyl (C=O) groups is 2. The van der Waals surface area contributed by atoms with E-state index in [0.717, 1.165) is 27.7 Å². The fourth-order valence-corrected chi connectivity index (χ4v) is 4.62. The number of rotatable bonds is 6. The van der Waals surface area contributed by atoms with Gasteiger partial charge in [-0.1, -0.05) is 11.4 Å². The summed E-state index contributed by atoms with van der Waals surface area (Å²) in [4.78, 5) is 22.3. The maximum absolute atomic E-state index is 11.6. The second-order valence-electron chi connectivity index (χ2n) is 2.20. The first kappa shape index (κ1) is 14.0. The van der Waals surface area contributed by atoms with Gasteiger partial charge in [0.05, 0.1) is 5.75 Å². The highest BCUT2D eigenvalue weighted by Gasteiger charge is 2.23. The quantitative estimate of drug-likeness (QED) is 0.530. The van der Waals surface area contributed by atoms with Crippen molar-refractivity contribution in [1.29, 1.82) is 0 Å². The van der Waals surface area contributed by atoms with Crippen molar-refractivity contribution >= 4 is 40.9 Å². The van der Waals surface area contributed by atoms with Crippen molar-refractivity contribution in [2.75, 3.05) is 26.2 Å². The van der Waals surface area contributed by atoms with Crippen molar-refractivity contribution < 1.29 is 18.7 Å². The van der Waals surface area contributed by atoms with Crippen LogP contribution in [-0.2, 0) is 18.7 Å². The van der Waals surface area contributed by atoms with Gasteiger partial charge >= 0.3 is 5.77 Å². The molecule has 8 heteroatoms. The number of amides is 2. The Morgan fingerprint density at radius 1 is 1.64 bits per heavy atom. The third kappa shape index (κ3) is 4.50. The largest absolute Gasteiger partial charge is 0.317 e. The van der Waals surface area contributed by atoms with E-state index in [1.165, 1.54) is 14.2 Å². The highest BCUT2D eigenvalue weighted by molar-refractivity contribution is 8.89. The molecule has 0 spiro atoms. The fraction of sp³-hybridized carbons (Fsp3) is 0.667. The van der Waals surface area contributed by atoms with Gasteiger partial charge in [-0.05, 0) is 17.6 Å². The SMILES string of the molecule is COP(=O)(SC)SCC(=O)N(C)C=O. The first-order valence-electron chi connectivity index (χ1n) is 3.56. The molecule has 0 radical (unpaired) electrons. The van der Waals surface area contributed by atoms with Gasteiger partial charge in [-0.15, -0.1) is 0 Å². The minimum absolute atomic E-state index is 0.0266. The second-order valence-corrected chi connectivity index (χ2v) is 9.82. The number of carbonyl (C=O) groups excluding carboxylic acids is 2. The van der Waals surface area contributed by atoms with Crippen molar-refractivity contribution in [1.82, 2.24) is 4.90 Å². The molecule has 0 fully saturated rings. The van der Waals surface area contributed by atoms with Crippen LogP contribution in [0.4, 0.5) is 0 Å². The lowest BCUT2D eigenvalue weighted by atomic mass is 10.6. The van der Waals surface area contributed by atoms with E-state index >= 15 is 0 Å². The summed E-state index contributed by atoms with van der Waals surface area (Å²) in [5.41, 5.74) is 0. The van der Waals surface area contributed by atoms with Gasteiger partial charge in [0.2, 0.25) is 12.3 Å². The third-order valence-electron chi connectivity index (χ3n) is 1.34. The second kappa shape index (κ2) is 6.50. The van der Waals surface area contributed by atoms with Crippen LogP contribution in [-0.4, -0.2) is 43.4 Å². The Balaban J connectivity index is 4.11. The molecule has 0 bridgehead atoms. The van der Waals surface area contributed by atoms with Gasteiger partial charge in [0.25, 0.3) is 0 Å². The molecule has 0 aromatic rings. The van der Waals surface area contributed by atoms with Crippen LogP contribution in [0.15, 0.2) is 0 Å². The van der Waals surface area contributed by atoms with Gasteiger partial charge < -0.3 is 4.52 Å². The Labute approximate surface area is 90.9 Å². The first-order chi connectivity index (χ1) is 6.49. The fourth-order valence-electron chi connectivity index (χ4n) is 0.475. The molecule has 5 nitrogen and oxygen atoms in total. The molecule has 0 aliphatic heterocycles. The van der Waals surface area contributed by atoms with E-state index in [9.17, 15) is 14.2 Å². The predicted molar refractivity (Wildman–Crippen MR) is 59.4 cm³/mol. The topological polar surface area (TPSA) is 63.7 Å². The van der Waals surface area contributed by atoms with Crippen LogP contribution in [0, 0.1) is 0 Å². The lowest BCUT2D eigenvalue weighted by Gasteiger charge is -2.13. The normalized spacial score (nSPS) is 14.5. The van der Waals surface area contributed by atoms with Crippen molar-refractivity contribution in [2.24, 2.45) is 0 Å². The van der Waals surface area contributed by atoms with Crippen LogP contribution in [0.5, 0.6) is 0 Å². The number of nitrogens with zero attached hydrogens (tertiary/aromatic N) is 1. The molecule has 0 saturated carbocycles. The number of hydrogen-bond acceptors (Lipinski definition) is 6. The van der Waals surface area contributed by atoms with Crippen LogP contribution in [0.3, 0.4) is 0 Å².